The molecule has 1 saturated heterocycles. The van der Waals surface area contributed by atoms with Gasteiger partial charge < -0.3 is 10.2 Å². The Balaban J connectivity index is 1.57. The molecule has 1 amide bonds. The quantitative estimate of drug-likeness (QED) is 0.866. The normalized spacial score (nSPS) is 17.6. The fourth-order valence-electron chi connectivity index (χ4n) is 2.94. The van der Waals surface area contributed by atoms with Gasteiger partial charge in [0.15, 0.2) is 0 Å². The Morgan fingerprint density at radius 1 is 1.33 bits per heavy atom. The molecule has 1 aromatic carbocycles. The number of nitrogens with one attached hydrogen (secondary N) is 1. The third-order valence-corrected chi connectivity index (χ3v) is 4.50. The highest BCUT2D eigenvalue weighted by atomic mass is 35.5. The minimum Gasteiger partial charge on any atom is -0.356 e. The Hall–Kier alpha value is -2.14. The molecular formula is C18H21ClN4O. The van der Waals surface area contributed by atoms with E-state index in [9.17, 15) is 4.79 Å². The van der Waals surface area contributed by atoms with Crippen molar-refractivity contribution in [2.45, 2.75) is 26.3 Å². The van der Waals surface area contributed by atoms with Crippen molar-refractivity contribution in [3.8, 4) is 0 Å². The average Bonchev–Trinajstić information content (AvgIpc) is 2.61. The lowest BCUT2D eigenvalue weighted by atomic mass is 9.97. The van der Waals surface area contributed by atoms with Gasteiger partial charge in [0.25, 0.3) is 0 Å². The number of aromatic nitrogens is 2. The average molecular weight is 345 g/mol. The first-order valence-electron chi connectivity index (χ1n) is 8.18. The molecule has 0 bridgehead atoms. The van der Waals surface area contributed by atoms with Crippen molar-refractivity contribution in [3.05, 3.63) is 52.9 Å². The van der Waals surface area contributed by atoms with Gasteiger partial charge in [-0.05, 0) is 43.0 Å². The third-order valence-electron chi connectivity index (χ3n) is 4.32. The molecule has 1 aliphatic rings. The first kappa shape index (κ1) is 16.7. The van der Waals surface area contributed by atoms with Crippen LogP contribution in [0.3, 0.4) is 0 Å². The molecule has 1 aliphatic heterocycles. The first-order valence-corrected chi connectivity index (χ1v) is 8.56. The highest BCUT2D eigenvalue weighted by Gasteiger charge is 2.26. The Bertz CT molecular complexity index is 704. The van der Waals surface area contributed by atoms with E-state index in [-0.39, 0.29) is 17.1 Å². The minimum atomic E-state index is -0.0297. The standard InChI is InChI=1S/C18H21ClN4O/c1-13-4-6-14(7-5-13)11-21-17(24)15-3-2-10-23(12-15)16-8-9-20-18(19)22-16/h4-9,15H,2-3,10-12H2,1H3,(H,21,24)/t15-/m1/s1. The smallest absolute Gasteiger partial charge is 0.225 e. The zero-order valence-electron chi connectivity index (χ0n) is 13.7. The van der Waals surface area contributed by atoms with Crippen molar-refractivity contribution in [1.29, 1.82) is 0 Å². The summed E-state index contributed by atoms with van der Waals surface area (Å²) in [5, 5.41) is 3.28. The largest absolute Gasteiger partial charge is 0.356 e. The number of aryl methyl sites for hydroxylation is 1. The SMILES string of the molecule is Cc1ccc(CNC(=O)[C@@H]2CCCN(c3ccnc(Cl)n3)C2)cc1. The molecule has 0 spiro atoms. The number of nitrogens with zero attached hydrogens (tertiary/aromatic N) is 3. The predicted molar refractivity (Wildman–Crippen MR) is 95.0 cm³/mol. The summed E-state index contributed by atoms with van der Waals surface area (Å²) in [6, 6.07) is 10.0. The fraction of sp³-hybridized carbons (Fsp3) is 0.389. The van der Waals surface area contributed by atoms with Gasteiger partial charge in [0.1, 0.15) is 5.82 Å². The van der Waals surface area contributed by atoms with E-state index in [1.165, 1.54) is 5.56 Å². The van der Waals surface area contributed by atoms with Gasteiger partial charge in [0.05, 0.1) is 5.92 Å². The van der Waals surface area contributed by atoms with E-state index in [0.29, 0.717) is 13.1 Å². The summed E-state index contributed by atoms with van der Waals surface area (Å²) in [5.74, 6) is 0.851. The topological polar surface area (TPSA) is 58.1 Å². The summed E-state index contributed by atoms with van der Waals surface area (Å²) in [5.41, 5.74) is 2.33. The van der Waals surface area contributed by atoms with E-state index in [1.807, 2.05) is 18.2 Å². The maximum Gasteiger partial charge on any atom is 0.225 e. The number of benzene rings is 1. The van der Waals surface area contributed by atoms with Gasteiger partial charge in [-0.2, -0.15) is 0 Å². The molecule has 0 radical (unpaired) electrons. The fourth-order valence-corrected chi connectivity index (χ4v) is 3.08. The van der Waals surface area contributed by atoms with E-state index < -0.39 is 0 Å². The molecule has 3 rings (SSSR count). The van der Waals surface area contributed by atoms with Crippen molar-refractivity contribution >= 4 is 23.3 Å². The van der Waals surface area contributed by atoms with Crippen LogP contribution in [0, 0.1) is 12.8 Å². The van der Waals surface area contributed by atoms with Gasteiger partial charge in [-0.3, -0.25) is 4.79 Å². The van der Waals surface area contributed by atoms with Crippen LogP contribution >= 0.6 is 11.6 Å². The van der Waals surface area contributed by atoms with Crippen molar-refractivity contribution < 1.29 is 4.79 Å². The molecular weight excluding hydrogens is 324 g/mol. The number of piperidine rings is 1. The molecule has 1 N–H and O–H groups in total. The van der Waals surface area contributed by atoms with E-state index in [1.54, 1.807) is 6.20 Å². The van der Waals surface area contributed by atoms with Crippen molar-refractivity contribution in [1.82, 2.24) is 15.3 Å². The zero-order valence-corrected chi connectivity index (χ0v) is 14.5. The second kappa shape index (κ2) is 7.62. The molecule has 1 aromatic heterocycles. The highest BCUT2D eigenvalue weighted by Crippen LogP contribution is 2.22. The lowest BCUT2D eigenvalue weighted by molar-refractivity contribution is -0.125. The van der Waals surface area contributed by atoms with Crippen LogP contribution in [-0.4, -0.2) is 29.0 Å². The molecule has 0 aliphatic carbocycles. The van der Waals surface area contributed by atoms with Gasteiger partial charge in [-0.25, -0.2) is 9.97 Å². The number of hydrogen-bond donors (Lipinski definition) is 1. The summed E-state index contributed by atoms with van der Waals surface area (Å²) >= 11 is 5.86. The number of carbonyl (C=O) groups is 1. The molecule has 0 saturated carbocycles. The number of amides is 1. The van der Waals surface area contributed by atoms with E-state index >= 15 is 0 Å². The van der Waals surface area contributed by atoms with Crippen molar-refractivity contribution in [2.24, 2.45) is 5.92 Å². The molecule has 1 atom stereocenters. The first-order chi connectivity index (χ1) is 11.6. The van der Waals surface area contributed by atoms with Crippen molar-refractivity contribution in [3.63, 3.8) is 0 Å². The summed E-state index contributed by atoms with van der Waals surface area (Å²) in [6.45, 7) is 4.16. The molecule has 2 heterocycles. The molecule has 5 nitrogen and oxygen atoms in total. The minimum absolute atomic E-state index is 0.0297. The Labute approximate surface area is 147 Å². The van der Waals surface area contributed by atoms with Crippen LogP contribution in [0.4, 0.5) is 5.82 Å². The third kappa shape index (κ3) is 4.23. The van der Waals surface area contributed by atoms with Gasteiger partial charge in [-0.15, -0.1) is 0 Å². The number of anilines is 1. The Morgan fingerprint density at radius 2 is 2.12 bits per heavy atom. The van der Waals surface area contributed by atoms with Gasteiger partial charge in [0, 0.05) is 25.8 Å². The molecule has 1 fully saturated rings. The Kier molecular flexibility index (Phi) is 5.30. The molecule has 2 aromatic rings. The van der Waals surface area contributed by atoms with E-state index in [4.69, 9.17) is 11.6 Å². The Morgan fingerprint density at radius 3 is 2.88 bits per heavy atom. The van der Waals surface area contributed by atoms with Crippen LogP contribution in [0.15, 0.2) is 36.5 Å². The summed E-state index contributed by atoms with van der Waals surface area (Å²) < 4.78 is 0. The molecule has 126 valence electrons. The second-order valence-electron chi connectivity index (χ2n) is 6.17. The van der Waals surface area contributed by atoms with Gasteiger partial charge >= 0.3 is 0 Å². The number of halogens is 1. The van der Waals surface area contributed by atoms with Crippen LogP contribution in [0.25, 0.3) is 0 Å². The van der Waals surface area contributed by atoms with Gasteiger partial charge in [0.2, 0.25) is 11.2 Å². The summed E-state index contributed by atoms with van der Waals surface area (Å²) in [6.07, 6.45) is 3.50. The van der Waals surface area contributed by atoms with Crippen LogP contribution < -0.4 is 10.2 Å². The molecule has 6 heteroatoms. The summed E-state index contributed by atoms with van der Waals surface area (Å²) in [7, 11) is 0. The van der Waals surface area contributed by atoms with E-state index in [2.05, 4.69) is 39.2 Å². The lowest BCUT2D eigenvalue weighted by Crippen LogP contribution is -2.43. The lowest BCUT2D eigenvalue weighted by Gasteiger charge is -2.32. The zero-order chi connectivity index (χ0) is 16.9. The van der Waals surface area contributed by atoms with Crippen LogP contribution in [-0.2, 0) is 11.3 Å². The molecule has 24 heavy (non-hydrogen) atoms. The van der Waals surface area contributed by atoms with Gasteiger partial charge in [-0.1, -0.05) is 29.8 Å². The van der Waals surface area contributed by atoms with Crippen LogP contribution in [0.2, 0.25) is 5.28 Å². The number of carbonyl (C=O) groups excluding carboxylic acids is 1. The predicted octanol–water partition coefficient (Wildman–Crippen LogP) is 2.97. The van der Waals surface area contributed by atoms with E-state index in [0.717, 1.165) is 30.8 Å². The van der Waals surface area contributed by atoms with Crippen LogP contribution in [0.1, 0.15) is 24.0 Å². The maximum absolute atomic E-state index is 12.5. The van der Waals surface area contributed by atoms with Crippen LogP contribution in [0.5, 0.6) is 0 Å². The molecule has 0 unspecified atom stereocenters. The maximum atomic E-state index is 12.5. The number of rotatable bonds is 4. The second-order valence-corrected chi connectivity index (χ2v) is 6.51. The monoisotopic (exact) mass is 344 g/mol. The summed E-state index contributed by atoms with van der Waals surface area (Å²) in [4.78, 5) is 22.7. The number of hydrogen-bond acceptors (Lipinski definition) is 4. The van der Waals surface area contributed by atoms with Crippen molar-refractivity contribution in [2.75, 3.05) is 18.0 Å². The highest BCUT2D eigenvalue weighted by molar-refractivity contribution is 6.28.